The molecule has 5 aromatic carbocycles. The summed E-state index contributed by atoms with van der Waals surface area (Å²) in [6.45, 7) is 10.5. The predicted molar refractivity (Wildman–Crippen MR) is 329 cm³/mol. The topological polar surface area (TPSA) is 175 Å². The number of fused-ring (bicyclic) bond motifs is 8. The average molecular weight is 1200 g/mol. The number of para-hydroxylation sites is 2. The standard InChI is InChI=1S/C62H77N5O13S3/c1-10-54(68)59(83(71,72)76-9)19-26-81-82-62(2,3)40-65(20-21-77-24-25-78-23-22-73-6)45-28-41(38-79-57-34-52-48(32-55(57)74-7)60(69)66-46(36-63(52)4)30-43-15-11-13-17-50(43)66)27-42(29-45)39-80-58-35-53-49(33-56(58)75-8)61(70)67-47(37-64(53)5)31-44-16-12-14-18-51(44)67/h11-18,27-29,32-35,46-47,59H,10,19-26,30-31,36-40H2,1-9H3/t46-,47-,59?/m0/s1. The molecule has 4 aliphatic heterocycles. The minimum Gasteiger partial charge on any atom is -0.493 e. The first-order chi connectivity index (χ1) is 40.0. The van der Waals surface area contributed by atoms with Gasteiger partial charge in [0.25, 0.3) is 21.9 Å². The minimum absolute atomic E-state index is 0.0332. The number of Topliss-reactive ketones (excluding diaryl/α,β-unsaturated/α-hetero) is 1. The Hall–Kier alpha value is -6.20. The van der Waals surface area contributed by atoms with Gasteiger partial charge in [-0.05, 0) is 97.8 Å². The lowest BCUT2D eigenvalue weighted by Gasteiger charge is -2.34. The number of hydrogen-bond acceptors (Lipinski definition) is 18. The van der Waals surface area contributed by atoms with Crippen LogP contribution >= 0.6 is 21.6 Å². The minimum atomic E-state index is -4.05. The Bertz CT molecular complexity index is 3100. The molecular formula is C62H77N5O13S3. The molecule has 0 bridgehead atoms. The van der Waals surface area contributed by atoms with Crippen LogP contribution in [0.25, 0.3) is 0 Å². The number of carbonyl (C=O) groups is 3. The third kappa shape index (κ3) is 14.0. The van der Waals surface area contributed by atoms with Gasteiger partial charge in [0.1, 0.15) is 18.5 Å². The van der Waals surface area contributed by atoms with Gasteiger partial charge >= 0.3 is 0 Å². The number of amides is 2. The number of methoxy groups -OCH3 is 3. The molecule has 18 nitrogen and oxygen atoms in total. The van der Waals surface area contributed by atoms with Crippen LogP contribution in [0.4, 0.5) is 28.4 Å². The molecule has 21 heteroatoms. The lowest BCUT2D eigenvalue weighted by atomic mass is 10.1. The van der Waals surface area contributed by atoms with Crippen LogP contribution < -0.4 is 43.4 Å². The maximum absolute atomic E-state index is 14.5. The normalized spacial score (nSPS) is 16.7. The van der Waals surface area contributed by atoms with Crippen LogP contribution in [0.3, 0.4) is 0 Å². The van der Waals surface area contributed by atoms with Gasteiger partial charge in [-0.25, -0.2) is 0 Å². The van der Waals surface area contributed by atoms with Crippen molar-refractivity contribution in [2.45, 2.75) is 81.7 Å². The first kappa shape index (κ1) is 61.4. The van der Waals surface area contributed by atoms with Crippen LogP contribution in [0.5, 0.6) is 23.0 Å². The Balaban J connectivity index is 1.02. The van der Waals surface area contributed by atoms with Crippen molar-refractivity contribution in [3.05, 3.63) is 124 Å². The van der Waals surface area contributed by atoms with Gasteiger partial charge in [-0.15, -0.1) is 0 Å². The quantitative estimate of drug-likeness (QED) is 0.0251. The number of rotatable bonds is 29. The van der Waals surface area contributed by atoms with E-state index in [1.807, 2.05) is 78.5 Å². The van der Waals surface area contributed by atoms with Gasteiger partial charge in [0.2, 0.25) is 0 Å². The van der Waals surface area contributed by atoms with E-state index in [0.29, 0.717) is 99.1 Å². The van der Waals surface area contributed by atoms with E-state index in [9.17, 15) is 22.8 Å². The maximum atomic E-state index is 14.5. The number of ketones is 1. The van der Waals surface area contributed by atoms with Crippen molar-refractivity contribution in [2.24, 2.45) is 0 Å². The average Bonchev–Trinajstić information content (AvgIpc) is 4.18. The van der Waals surface area contributed by atoms with E-state index in [-0.39, 0.29) is 55.7 Å². The van der Waals surface area contributed by atoms with E-state index in [1.165, 1.54) is 10.8 Å². The Kier molecular flexibility index (Phi) is 20.1. The number of likely N-dealkylation sites (N-methyl/N-ethyl adjacent to an activating group) is 2. The fourth-order valence-electron chi connectivity index (χ4n) is 11.5. The summed E-state index contributed by atoms with van der Waals surface area (Å²) < 4.78 is 72.3. The number of ether oxygens (including phenoxy) is 7. The van der Waals surface area contributed by atoms with Gasteiger partial charge in [-0.2, -0.15) is 8.42 Å². The largest absolute Gasteiger partial charge is 0.493 e. The van der Waals surface area contributed by atoms with E-state index in [0.717, 1.165) is 70.6 Å². The molecule has 83 heavy (non-hydrogen) atoms. The fourth-order valence-corrected chi connectivity index (χ4v) is 15.3. The van der Waals surface area contributed by atoms with E-state index in [4.69, 9.17) is 37.3 Å². The summed E-state index contributed by atoms with van der Waals surface area (Å²) in [5, 5.41) is -1.23. The number of carbonyl (C=O) groups excluding carboxylic acids is 3. The van der Waals surface area contributed by atoms with Crippen molar-refractivity contribution < 1.29 is 60.1 Å². The van der Waals surface area contributed by atoms with Crippen LogP contribution in [-0.2, 0) is 59.4 Å². The monoisotopic (exact) mass is 1200 g/mol. The molecule has 0 spiro atoms. The number of nitrogens with zero attached hydrogens (tertiary/aromatic N) is 5. The first-order valence-corrected chi connectivity index (χ1v) is 31.9. The second-order valence-electron chi connectivity index (χ2n) is 21.8. The molecular weight excluding hydrogens is 1120 g/mol. The highest BCUT2D eigenvalue weighted by molar-refractivity contribution is 8.77. The fraction of sp³-hybridized carbons (Fsp3) is 0.468. The van der Waals surface area contributed by atoms with Crippen LogP contribution in [0, 0.1) is 0 Å². The molecule has 5 aromatic rings. The van der Waals surface area contributed by atoms with Gasteiger partial charge in [0.15, 0.2) is 28.8 Å². The zero-order valence-corrected chi connectivity index (χ0v) is 51.4. The molecule has 0 saturated carbocycles. The van der Waals surface area contributed by atoms with Crippen molar-refractivity contribution in [1.29, 1.82) is 0 Å². The molecule has 4 heterocycles. The molecule has 9 rings (SSSR count). The summed E-state index contributed by atoms with van der Waals surface area (Å²) in [6.07, 6.45) is 1.73. The predicted octanol–water partition coefficient (Wildman–Crippen LogP) is 9.26. The second-order valence-corrected chi connectivity index (χ2v) is 26.8. The summed E-state index contributed by atoms with van der Waals surface area (Å²) in [5.41, 5.74) is 9.21. The SMILES string of the molecule is CCC(=O)C(CCSSC(C)(C)CN(CCOCCOCCOC)c1cc(COc2cc3c(cc2OC)C(=O)N2c4ccccc4C[C@H]2CN3C)cc(COc2cc3c(cc2OC)C(=O)N2c4ccccc4C[C@H]2CN3C)c1)S(=O)(=O)OC. The van der Waals surface area contributed by atoms with Crippen molar-refractivity contribution in [1.82, 2.24) is 0 Å². The summed E-state index contributed by atoms with van der Waals surface area (Å²) in [4.78, 5) is 52.0. The van der Waals surface area contributed by atoms with Crippen molar-refractivity contribution in [3.8, 4) is 23.0 Å². The number of benzene rings is 5. The molecule has 0 fully saturated rings. The van der Waals surface area contributed by atoms with Crippen molar-refractivity contribution in [3.63, 3.8) is 0 Å². The smallest absolute Gasteiger partial charge is 0.277 e. The molecule has 4 aliphatic rings. The lowest BCUT2D eigenvalue weighted by molar-refractivity contribution is -0.118. The van der Waals surface area contributed by atoms with Crippen LogP contribution in [0.2, 0.25) is 0 Å². The van der Waals surface area contributed by atoms with Crippen LogP contribution in [-0.4, -0.2) is 156 Å². The summed E-state index contributed by atoms with van der Waals surface area (Å²) in [6, 6.07) is 29.7. The molecule has 0 aliphatic carbocycles. The number of hydrogen-bond donors (Lipinski definition) is 0. The highest BCUT2D eigenvalue weighted by Crippen LogP contribution is 2.45. The molecule has 0 N–H and O–H groups in total. The lowest BCUT2D eigenvalue weighted by Crippen LogP contribution is -2.41. The van der Waals surface area contributed by atoms with Gasteiger partial charge in [0.05, 0.1) is 88.9 Å². The molecule has 0 radical (unpaired) electrons. The summed E-state index contributed by atoms with van der Waals surface area (Å²) >= 11 is 0. The van der Waals surface area contributed by atoms with Gasteiger partial charge in [0, 0.05) is 93.5 Å². The molecule has 1 unspecified atom stereocenters. The number of anilines is 5. The van der Waals surface area contributed by atoms with E-state index in [2.05, 4.69) is 52.8 Å². The first-order valence-electron chi connectivity index (χ1n) is 28.1. The van der Waals surface area contributed by atoms with Crippen LogP contribution in [0.1, 0.15) is 76.6 Å². The zero-order chi connectivity index (χ0) is 59.0. The highest BCUT2D eigenvalue weighted by atomic mass is 33.1. The van der Waals surface area contributed by atoms with Gasteiger partial charge < -0.3 is 57.7 Å². The maximum Gasteiger partial charge on any atom is 0.277 e. The van der Waals surface area contributed by atoms with Gasteiger partial charge in [-0.1, -0.05) is 64.9 Å². The molecule has 0 aromatic heterocycles. The molecule has 3 atom stereocenters. The van der Waals surface area contributed by atoms with Crippen LogP contribution in [0.15, 0.2) is 91.0 Å². The molecule has 2 amide bonds. The zero-order valence-electron chi connectivity index (χ0n) is 49.0. The van der Waals surface area contributed by atoms with E-state index >= 15 is 0 Å². The van der Waals surface area contributed by atoms with E-state index < -0.39 is 20.1 Å². The summed E-state index contributed by atoms with van der Waals surface area (Å²) in [7, 11) is 8.95. The van der Waals surface area contributed by atoms with E-state index in [1.54, 1.807) is 51.2 Å². The third-order valence-electron chi connectivity index (χ3n) is 15.5. The van der Waals surface area contributed by atoms with Gasteiger partial charge in [-0.3, -0.25) is 18.6 Å². The third-order valence-corrected chi connectivity index (χ3v) is 20.5. The Morgan fingerprint density at radius 2 is 1.18 bits per heavy atom. The van der Waals surface area contributed by atoms with Crippen molar-refractivity contribution >= 4 is 77.7 Å². The summed E-state index contributed by atoms with van der Waals surface area (Å²) in [5.74, 6) is 1.64. The molecule has 0 saturated heterocycles. The highest BCUT2D eigenvalue weighted by Gasteiger charge is 2.41. The van der Waals surface area contributed by atoms with Crippen molar-refractivity contribution in [2.75, 3.05) is 132 Å². The Morgan fingerprint density at radius 3 is 1.67 bits per heavy atom. The molecule has 446 valence electrons. The Morgan fingerprint density at radius 1 is 0.675 bits per heavy atom. The Labute approximate surface area is 496 Å². The second kappa shape index (κ2) is 27.2.